The molecule has 0 saturated carbocycles. The normalized spacial score (nSPS) is 24.3. The molecule has 1 fully saturated rings. The first-order valence-corrected chi connectivity index (χ1v) is 6.38. The lowest BCUT2D eigenvalue weighted by Crippen LogP contribution is -2.56. The highest BCUT2D eigenvalue weighted by atomic mass is 79.9. The predicted molar refractivity (Wildman–Crippen MR) is 66.3 cm³/mol. The highest BCUT2D eigenvalue weighted by Gasteiger charge is 2.33. The number of rotatable bonds is 2. The van der Waals surface area contributed by atoms with Gasteiger partial charge in [-0.15, -0.1) is 0 Å². The molecule has 0 aromatic heterocycles. The Morgan fingerprint density at radius 1 is 1.47 bits per heavy atom. The Hall–Kier alpha value is -0.0900. The van der Waals surface area contributed by atoms with Crippen molar-refractivity contribution in [2.75, 3.05) is 26.2 Å². The van der Waals surface area contributed by atoms with Crippen LogP contribution in [0.4, 0.5) is 0 Å². The van der Waals surface area contributed by atoms with Crippen molar-refractivity contribution in [2.45, 2.75) is 38.1 Å². The molecule has 1 amide bonds. The molecule has 1 atom stereocenters. The van der Waals surface area contributed by atoms with Crippen molar-refractivity contribution < 1.29 is 4.79 Å². The van der Waals surface area contributed by atoms with Crippen LogP contribution in [0.1, 0.15) is 27.7 Å². The van der Waals surface area contributed by atoms with Gasteiger partial charge in [0.15, 0.2) is 0 Å². The Bertz CT molecular complexity index is 237. The quantitative estimate of drug-likeness (QED) is 0.717. The van der Waals surface area contributed by atoms with Gasteiger partial charge in [0, 0.05) is 25.7 Å². The molecule has 0 aromatic rings. The van der Waals surface area contributed by atoms with Crippen LogP contribution in [0.2, 0.25) is 0 Å². The maximum atomic E-state index is 12.0. The first-order chi connectivity index (χ1) is 6.86. The molecule has 1 saturated heterocycles. The molecule has 1 rings (SSSR count). The summed E-state index contributed by atoms with van der Waals surface area (Å²) in [4.78, 5) is 16.4. The Morgan fingerprint density at radius 3 is 2.47 bits per heavy atom. The van der Waals surface area contributed by atoms with Crippen LogP contribution in [0.5, 0.6) is 0 Å². The van der Waals surface area contributed by atoms with Gasteiger partial charge in [-0.05, 0) is 27.3 Å². The first-order valence-electron chi connectivity index (χ1n) is 5.58. The minimum Gasteiger partial charge on any atom is -0.339 e. The van der Waals surface area contributed by atoms with Crippen LogP contribution < -0.4 is 0 Å². The van der Waals surface area contributed by atoms with E-state index < -0.39 is 4.32 Å². The van der Waals surface area contributed by atoms with E-state index in [1.807, 2.05) is 18.7 Å². The van der Waals surface area contributed by atoms with Gasteiger partial charge in [-0.1, -0.05) is 22.9 Å². The molecular formula is C11H21BrN2O. The summed E-state index contributed by atoms with van der Waals surface area (Å²) in [6.07, 6.45) is 0. The molecule has 0 radical (unpaired) electrons. The summed E-state index contributed by atoms with van der Waals surface area (Å²) >= 11 is 3.43. The van der Waals surface area contributed by atoms with E-state index in [2.05, 4.69) is 34.7 Å². The molecule has 4 heteroatoms. The third-order valence-electron chi connectivity index (χ3n) is 2.97. The number of amides is 1. The van der Waals surface area contributed by atoms with Crippen molar-refractivity contribution in [1.82, 2.24) is 9.80 Å². The fourth-order valence-corrected chi connectivity index (χ4v) is 2.28. The lowest BCUT2D eigenvalue weighted by molar-refractivity contribution is -0.135. The van der Waals surface area contributed by atoms with Crippen molar-refractivity contribution in [3.8, 4) is 0 Å². The molecule has 0 spiro atoms. The second-order valence-electron chi connectivity index (χ2n) is 4.70. The zero-order valence-corrected chi connectivity index (χ0v) is 11.7. The third kappa shape index (κ3) is 3.18. The van der Waals surface area contributed by atoms with E-state index in [9.17, 15) is 4.79 Å². The number of alkyl halides is 1. The Kier molecular flexibility index (Phi) is 4.18. The van der Waals surface area contributed by atoms with Gasteiger partial charge >= 0.3 is 0 Å². The minimum atomic E-state index is -0.429. The molecule has 1 heterocycles. The number of hydrogen-bond donors (Lipinski definition) is 0. The van der Waals surface area contributed by atoms with E-state index in [4.69, 9.17) is 0 Å². The fraction of sp³-hybridized carbons (Fsp3) is 0.909. The zero-order chi connectivity index (χ0) is 11.6. The second-order valence-corrected chi connectivity index (χ2v) is 6.68. The van der Waals surface area contributed by atoms with Gasteiger partial charge in [-0.2, -0.15) is 0 Å². The number of carbonyl (C=O) groups is 1. The molecule has 0 aromatic carbocycles. The molecule has 1 aliphatic heterocycles. The van der Waals surface area contributed by atoms with Gasteiger partial charge in [0.05, 0.1) is 4.32 Å². The van der Waals surface area contributed by atoms with Gasteiger partial charge in [-0.25, -0.2) is 0 Å². The lowest BCUT2D eigenvalue weighted by Gasteiger charge is -2.41. The summed E-state index contributed by atoms with van der Waals surface area (Å²) in [7, 11) is 0. The molecule has 0 bridgehead atoms. The summed E-state index contributed by atoms with van der Waals surface area (Å²) in [6, 6.07) is 0.475. The zero-order valence-electron chi connectivity index (χ0n) is 10.1. The fourth-order valence-electron chi connectivity index (χ4n) is 2.03. The van der Waals surface area contributed by atoms with Gasteiger partial charge in [0.2, 0.25) is 5.91 Å². The molecular weight excluding hydrogens is 256 g/mol. The largest absolute Gasteiger partial charge is 0.339 e. The average molecular weight is 277 g/mol. The van der Waals surface area contributed by atoms with Crippen LogP contribution in [0.15, 0.2) is 0 Å². The van der Waals surface area contributed by atoms with Crippen LogP contribution in [-0.2, 0) is 4.79 Å². The summed E-state index contributed by atoms with van der Waals surface area (Å²) < 4.78 is -0.429. The second kappa shape index (κ2) is 4.83. The predicted octanol–water partition coefficient (Wildman–Crippen LogP) is 1.71. The molecule has 1 unspecified atom stereocenters. The number of piperazine rings is 1. The lowest BCUT2D eigenvalue weighted by atomic mass is 10.1. The standard InChI is InChI=1S/C11H21BrN2O/c1-5-13-6-7-14(8-9(13)2)10(15)11(3,4)12/h9H,5-8H2,1-4H3. The number of likely N-dealkylation sites (N-methyl/N-ethyl adjacent to an activating group) is 1. The van der Waals surface area contributed by atoms with E-state index in [1.54, 1.807) is 0 Å². The number of nitrogens with zero attached hydrogens (tertiary/aromatic N) is 2. The van der Waals surface area contributed by atoms with Crippen molar-refractivity contribution in [2.24, 2.45) is 0 Å². The highest BCUT2D eigenvalue weighted by molar-refractivity contribution is 9.10. The summed E-state index contributed by atoms with van der Waals surface area (Å²) in [6.45, 7) is 11.9. The molecule has 15 heavy (non-hydrogen) atoms. The van der Waals surface area contributed by atoms with Crippen LogP contribution in [-0.4, -0.2) is 52.3 Å². The van der Waals surface area contributed by atoms with Crippen molar-refractivity contribution >= 4 is 21.8 Å². The van der Waals surface area contributed by atoms with Crippen molar-refractivity contribution in [1.29, 1.82) is 0 Å². The van der Waals surface area contributed by atoms with E-state index in [0.29, 0.717) is 6.04 Å². The van der Waals surface area contributed by atoms with E-state index in [1.165, 1.54) is 0 Å². The maximum absolute atomic E-state index is 12.0. The van der Waals surface area contributed by atoms with Crippen LogP contribution in [0.3, 0.4) is 0 Å². The molecule has 1 aliphatic rings. The Balaban J connectivity index is 2.58. The van der Waals surface area contributed by atoms with Crippen LogP contribution >= 0.6 is 15.9 Å². The highest BCUT2D eigenvalue weighted by Crippen LogP contribution is 2.21. The smallest absolute Gasteiger partial charge is 0.238 e. The third-order valence-corrected chi connectivity index (χ3v) is 3.31. The Morgan fingerprint density at radius 2 is 2.07 bits per heavy atom. The molecule has 88 valence electrons. The van der Waals surface area contributed by atoms with E-state index in [0.717, 1.165) is 26.2 Å². The number of carbonyl (C=O) groups excluding carboxylic acids is 1. The van der Waals surface area contributed by atoms with Crippen molar-refractivity contribution in [3.63, 3.8) is 0 Å². The van der Waals surface area contributed by atoms with Gasteiger partial charge in [-0.3, -0.25) is 9.69 Å². The summed E-state index contributed by atoms with van der Waals surface area (Å²) in [5.41, 5.74) is 0. The number of hydrogen-bond acceptors (Lipinski definition) is 2. The molecule has 0 N–H and O–H groups in total. The molecule has 0 aliphatic carbocycles. The van der Waals surface area contributed by atoms with Crippen LogP contribution in [0, 0.1) is 0 Å². The van der Waals surface area contributed by atoms with E-state index >= 15 is 0 Å². The van der Waals surface area contributed by atoms with Gasteiger partial charge < -0.3 is 4.90 Å². The summed E-state index contributed by atoms with van der Waals surface area (Å²) in [5.74, 6) is 0.199. The Labute approximate surface area is 101 Å². The summed E-state index contributed by atoms with van der Waals surface area (Å²) in [5, 5.41) is 0. The van der Waals surface area contributed by atoms with E-state index in [-0.39, 0.29) is 5.91 Å². The van der Waals surface area contributed by atoms with Crippen molar-refractivity contribution in [3.05, 3.63) is 0 Å². The SMILES string of the molecule is CCN1CCN(C(=O)C(C)(C)Br)CC1C. The first kappa shape index (κ1) is 13.0. The number of halogens is 1. The maximum Gasteiger partial charge on any atom is 0.238 e. The van der Waals surface area contributed by atoms with Gasteiger partial charge in [0.1, 0.15) is 0 Å². The van der Waals surface area contributed by atoms with Crippen LogP contribution in [0.25, 0.3) is 0 Å². The minimum absolute atomic E-state index is 0.199. The van der Waals surface area contributed by atoms with Gasteiger partial charge in [0.25, 0.3) is 0 Å². The average Bonchev–Trinajstić information content (AvgIpc) is 2.15. The monoisotopic (exact) mass is 276 g/mol. The topological polar surface area (TPSA) is 23.6 Å². The molecule has 3 nitrogen and oxygen atoms in total.